The number of ketones is 1. The molecule has 0 amide bonds. The summed E-state index contributed by atoms with van der Waals surface area (Å²) in [5.74, 6) is -0.0416. The zero-order valence-corrected chi connectivity index (χ0v) is 13.0. The van der Waals surface area contributed by atoms with Crippen LogP contribution >= 0.6 is 0 Å². The Morgan fingerprint density at radius 1 is 1.29 bits per heavy atom. The Bertz CT molecular complexity index is 548. The van der Waals surface area contributed by atoms with Crippen molar-refractivity contribution < 1.29 is 9.59 Å². The third kappa shape index (κ3) is 4.45. The second-order valence-corrected chi connectivity index (χ2v) is 5.05. The molecule has 3 N–H and O–H groups in total. The second kappa shape index (κ2) is 8.25. The van der Waals surface area contributed by atoms with Crippen molar-refractivity contribution in [2.45, 2.75) is 40.0 Å². The third-order valence-corrected chi connectivity index (χ3v) is 3.28. The molecule has 0 unspecified atom stereocenters. The number of rotatable bonds is 8. The molecule has 1 aromatic rings. The maximum atomic E-state index is 11.6. The number of nitrogens with two attached hydrogens (primary N) is 1. The van der Waals surface area contributed by atoms with E-state index in [9.17, 15) is 9.59 Å². The predicted molar refractivity (Wildman–Crippen MR) is 87.0 cm³/mol. The lowest BCUT2D eigenvalue weighted by atomic mass is 9.97. The molecule has 1 rings (SSSR count). The molecule has 0 aliphatic rings. The zero-order valence-electron chi connectivity index (χ0n) is 13.0. The van der Waals surface area contributed by atoms with Gasteiger partial charge in [0.1, 0.15) is 0 Å². The van der Waals surface area contributed by atoms with E-state index in [1.54, 1.807) is 18.2 Å². The Kier molecular flexibility index (Phi) is 6.66. The van der Waals surface area contributed by atoms with Crippen molar-refractivity contribution in [3.05, 3.63) is 35.0 Å². The van der Waals surface area contributed by atoms with Crippen molar-refractivity contribution in [2.24, 2.45) is 0 Å². The number of nitrogens with one attached hydrogen (secondary N) is 1. The quantitative estimate of drug-likeness (QED) is 0.333. The molecule has 0 saturated carbocycles. The lowest BCUT2D eigenvalue weighted by molar-refractivity contribution is -0.103. The number of allylic oxidation sites excluding steroid dienone is 2. The lowest BCUT2D eigenvalue weighted by Gasteiger charge is -2.15. The number of hydrogen-bond donors (Lipinski definition) is 2. The summed E-state index contributed by atoms with van der Waals surface area (Å²) in [6.45, 7) is 6.44. The molecule has 4 nitrogen and oxygen atoms in total. The van der Waals surface area contributed by atoms with E-state index in [1.165, 1.54) is 6.92 Å². The Morgan fingerprint density at radius 3 is 2.52 bits per heavy atom. The first kappa shape index (κ1) is 17.0. The van der Waals surface area contributed by atoms with Crippen LogP contribution in [-0.2, 0) is 4.79 Å². The number of hydrogen-bond acceptors (Lipinski definition) is 4. The minimum Gasteiger partial charge on any atom is -0.398 e. The Labute approximate surface area is 126 Å². The summed E-state index contributed by atoms with van der Waals surface area (Å²) >= 11 is 0. The molecule has 4 heteroatoms. The van der Waals surface area contributed by atoms with Gasteiger partial charge in [-0.3, -0.25) is 9.59 Å². The van der Waals surface area contributed by atoms with Gasteiger partial charge >= 0.3 is 0 Å². The Hall–Kier alpha value is -2.10. The summed E-state index contributed by atoms with van der Waals surface area (Å²) in [7, 11) is 0. The molecule has 0 aliphatic heterocycles. The van der Waals surface area contributed by atoms with Crippen molar-refractivity contribution in [3.8, 4) is 0 Å². The highest BCUT2D eigenvalue weighted by Crippen LogP contribution is 2.25. The van der Waals surface area contributed by atoms with Crippen LogP contribution in [0.3, 0.4) is 0 Å². The van der Waals surface area contributed by atoms with Gasteiger partial charge in [-0.2, -0.15) is 0 Å². The van der Waals surface area contributed by atoms with Crippen LogP contribution in [0.15, 0.2) is 23.9 Å². The molecule has 0 fully saturated rings. The maximum absolute atomic E-state index is 11.6. The standard InChI is InChI=1S/C17H24N2O2/c1-4-6-17(19-9-5-2)15(11-20)14-10-13(12(3)21)7-8-16(14)18/h7-8,10-11,19H,4-6,9,18H2,1-3H3/b17-15+. The van der Waals surface area contributed by atoms with Crippen LogP contribution in [0.5, 0.6) is 0 Å². The Morgan fingerprint density at radius 2 is 2.00 bits per heavy atom. The topological polar surface area (TPSA) is 72.2 Å². The van der Waals surface area contributed by atoms with Crippen LogP contribution in [0.4, 0.5) is 5.69 Å². The van der Waals surface area contributed by atoms with Gasteiger partial charge in [-0.25, -0.2) is 0 Å². The first-order valence-electron chi connectivity index (χ1n) is 7.38. The number of aldehydes is 1. The van der Waals surface area contributed by atoms with Gasteiger partial charge in [0.05, 0.1) is 0 Å². The normalized spacial score (nSPS) is 11.8. The fraction of sp³-hybridized carbons (Fsp3) is 0.412. The maximum Gasteiger partial charge on any atom is 0.159 e. The molecule has 0 heterocycles. The van der Waals surface area contributed by atoms with Crippen molar-refractivity contribution in [2.75, 3.05) is 12.3 Å². The minimum atomic E-state index is -0.0416. The summed E-state index contributed by atoms with van der Waals surface area (Å²) in [6.07, 6.45) is 3.50. The largest absolute Gasteiger partial charge is 0.398 e. The fourth-order valence-electron chi connectivity index (χ4n) is 2.15. The van der Waals surface area contributed by atoms with Gasteiger partial charge in [0, 0.05) is 34.6 Å². The lowest BCUT2D eigenvalue weighted by Crippen LogP contribution is -2.17. The molecule has 0 saturated heterocycles. The van der Waals surface area contributed by atoms with E-state index in [0.29, 0.717) is 22.4 Å². The van der Waals surface area contributed by atoms with Crippen LogP contribution in [0.1, 0.15) is 56.0 Å². The minimum absolute atomic E-state index is 0.0416. The molecule has 0 bridgehead atoms. The number of carbonyl (C=O) groups is 2. The zero-order chi connectivity index (χ0) is 15.8. The van der Waals surface area contributed by atoms with E-state index >= 15 is 0 Å². The molecule has 0 aromatic heterocycles. The van der Waals surface area contributed by atoms with Gasteiger partial charge in [-0.1, -0.05) is 20.3 Å². The third-order valence-electron chi connectivity index (χ3n) is 3.28. The monoisotopic (exact) mass is 288 g/mol. The Balaban J connectivity index is 3.37. The molecule has 114 valence electrons. The molecule has 0 spiro atoms. The average Bonchev–Trinajstić information content (AvgIpc) is 2.46. The van der Waals surface area contributed by atoms with Crippen LogP contribution in [0.25, 0.3) is 5.57 Å². The highest BCUT2D eigenvalue weighted by Gasteiger charge is 2.13. The van der Waals surface area contributed by atoms with E-state index in [4.69, 9.17) is 5.73 Å². The van der Waals surface area contributed by atoms with Crippen molar-refractivity contribution in [3.63, 3.8) is 0 Å². The number of nitrogen functional groups attached to an aromatic ring is 1. The molecular weight excluding hydrogens is 264 g/mol. The summed E-state index contributed by atoms with van der Waals surface area (Å²) < 4.78 is 0. The molecule has 0 atom stereocenters. The summed E-state index contributed by atoms with van der Waals surface area (Å²) in [4.78, 5) is 23.1. The van der Waals surface area contributed by atoms with Gasteiger partial charge in [0.25, 0.3) is 0 Å². The van der Waals surface area contributed by atoms with Gasteiger partial charge in [-0.05, 0) is 38.0 Å². The molecular formula is C17H24N2O2. The second-order valence-electron chi connectivity index (χ2n) is 5.05. The van der Waals surface area contributed by atoms with Crippen LogP contribution in [-0.4, -0.2) is 18.6 Å². The number of anilines is 1. The molecule has 1 aromatic carbocycles. The van der Waals surface area contributed by atoms with E-state index < -0.39 is 0 Å². The molecule has 0 aliphatic carbocycles. The smallest absolute Gasteiger partial charge is 0.159 e. The van der Waals surface area contributed by atoms with Gasteiger partial charge < -0.3 is 11.1 Å². The highest BCUT2D eigenvalue weighted by molar-refractivity contribution is 6.11. The summed E-state index contributed by atoms with van der Waals surface area (Å²) in [6, 6.07) is 5.06. The van der Waals surface area contributed by atoms with Gasteiger partial charge in [0.2, 0.25) is 0 Å². The predicted octanol–water partition coefficient (Wildman–Crippen LogP) is 3.18. The van der Waals surface area contributed by atoms with E-state index in [-0.39, 0.29) is 5.78 Å². The number of carbonyl (C=O) groups excluding carboxylic acids is 2. The van der Waals surface area contributed by atoms with E-state index in [1.807, 2.05) is 0 Å². The van der Waals surface area contributed by atoms with Crippen LogP contribution < -0.4 is 11.1 Å². The van der Waals surface area contributed by atoms with Gasteiger partial charge in [0.15, 0.2) is 12.1 Å². The van der Waals surface area contributed by atoms with Crippen molar-refractivity contribution >= 4 is 23.3 Å². The van der Waals surface area contributed by atoms with Crippen molar-refractivity contribution in [1.29, 1.82) is 0 Å². The van der Waals surface area contributed by atoms with E-state index in [0.717, 1.165) is 37.8 Å². The van der Waals surface area contributed by atoms with Gasteiger partial charge in [-0.15, -0.1) is 0 Å². The molecule has 0 radical (unpaired) electrons. The number of benzene rings is 1. The highest BCUT2D eigenvalue weighted by atomic mass is 16.1. The number of Topliss-reactive ketones (excluding diaryl/α,β-unsaturated/α-hetero) is 1. The van der Waals surface area contributed by atoms with Crippen molar-refractivity contribution in [1.82, 2.24) is 5.32 Å². The van der Waals surface area contributed by atoms with E-state index in [2.05, 4.69) is 19.2 Å². The van der Waals surface area contributed by atoms with Crippen LogP contribution in [0.2, 0.25) is 0 Å². The average molecular weight is 288 g/mol. The first-order chi connectivity index (χ1) is 10.0. The fourth-order valence-corrected chi connectivity index (χ4v) is 2.15. The van der Waals surface area contributed by atoms with Crippen LogP contribution in [0, 0.1) is 0 Å². The molecule has 21 heavy (non-hydrogen) atoms. The summed E-state index contributed by atoms with van der Waals surface area (Å²) in [5, 5.41) is 3.30. The summed E-state index contributed by atoms with van der Waals surface area (Å²) in [5.41, 5.74) is 9.13. The first-order valence-corrected chi connectivity index (χ1v) is 7.38. The SMILES string of the molecule is CCCN/C(CCC)=C(\C=O)c1cc(C(C)=O)ccc1N.